The largest absolute Gasteiger partial charge is 0.488 e. The predicted molar refractivity (Wildman–Crippen MR) is 144 cm³/mol. The van der Waals surface area contributed by atoms with E-state index >= 15 is 0 Å². The number of esters is 1. The van der Waals surface area contributed by atoms with E-state index in [1.54, 1.807) is 6.92 Å². The second-order valence-electron chi connectivity index (χ2n) is 11.9. The maximum atomic E-state index is 14.5. The molecule has 206 valence electrons. The van der Waals surface area contributed by atoms with Crippen LogP contribution in [0.25, 0.3) is 0 Å². The van der Waals surface area contributed by atoms with E-state index in [1.165, 1.54) is 6.08 Å². The van der Waals surface area contributed by atoms with Gasteiger partial charge < -0.3 is 23.4 Å². The number of ether oxygens (including phenoxy) is 1. The molecule has 0 radical (unpaired) electrons. The normalized spacial score (nSPS) is 30.8. The van der Waals surface area contributed by atoms with E-state index in [2.05, 4.69) is 22.5 Å². The third kappa shape index (κ3) is 6.60. The summed E-state index contributed by atoms with van der Waals surface area (Å²) in [5.41, 5.74) is -1.48. The van der Waals surface area contributed by atoms with Crippen LogP contribution >= 0.6 is 15.9 Å². The minimum atomic E-state index is -1.03. The molecule has 0 aromatic heterocycles. The predicted octanol–water partition coefficient (Wildman–Crippen LogP) is 6.58. The summed E-state index contributed by atoms with van der Waals surface area (Å²) in [6.07, 6.45) is 2.50. The van der Waals surface area contributed by atoms with Gasteiger partial charge in [-0.2, -0.15) is 0 Å². The van der Waals surface area contributed by atoms with Gasteiger partial charge >= 0.3 is 20.0 Å². The molecule has 2 heterocycles. The van der Waals surface area contributed by atoms with Crippen LogP contribution in [0.5, 0.6) is 0 Å². The molecule has 11 heteroatoms. The van der Waals surface area contributed by atoms with Crippen LogP contribution < -0.4 is 0 Å². The average Bonchev–Trinajstić information content (AvgIpc) is 3.43. The molecule has 3 rings (SSSR count). The van der Waals surface area contributed by atoms with Crippen molar-refractivity contribution < 1.29 is 36.9 Å². The Hall–Kier alpha value is -1.00. The van der Waals surface area contributed by atoms with Gasteiger partial charge in [-0.1, -0.05) is 12.2 Å². The fourth-order valence-corrected chi connectivity index (χ4v) is 5.20. The summed E-state index contributed by atoms with van der Waals surface area (Å²) in [5, 5.41) is 0. The highest BCUT2D eigenvalue weighted by Gasteiger charge is 2.65. The Balaban J connectivity index is 1.59. The molecule has 2 saturated heterocycles. The van der Waals surface area contributed by atoms with Gasteiger partial charge in [0.25, 0.3) is 0 Å². The lowest BCUT2D eigenvalue weighted by atomic mass is 9.49. The Kier molecular flexibility index (Phi) is 8.97. The number of halogens is 3. The smallest absolute Gasteiger partial charge is 0.466 e. The number of hydrogen-bond donors (Lipinski definition) is 0. The molecule has 37 heavy (non-hydrogen) atoms. The summed E-state index contributed by atoms with van der Waals surface area (Å²) in [4.78, 5) is 11.4. The highest BCUT2D eigenvalue weighted by molar-refractivity contribution is 9.12. The third-order valence-electron chi connectivity index (χ3n) is 8.22. The highest BCUT2D eigenvalue weighted by Crippen LogP contribution is 2.54. The molecular formula is C26H39B2BrF2O6. The zero-order valence-electron chi connectivity index (χ0n) is 23.2. The van der Waals surface area contributed by atoms with E-state index in [4.69, 9.17) is 23.4 Å². The van der Waals surface area contributed by atoms with Gasteiger partial charge in [0.2, 0.25) is 0 Å². The first-order chi connectivity index (χ1) is 16.9. The summed E-state index contributed by atoms with van der Waals surface area (Å²) in [5.74, 6) is -2.22. The van der Waals surface area contributed by atoms with Crippen molar-refractivity contribution >= 4 is 35.9 Å². The minimum absolute atomic E-state index is 0.0303. The van der Waals surface area contributed by atoms with Gasteiger partial charge in [0.15, 0.2) is 5.83 Å². The summed E-state index contributed by atoms with van der Waals surface area (Å²) in [6, 6.07) is 0. The quantitative estimate of drug-likeness (QED) is 0.164. The van der Waals surface area contributed by atoms with E-state index in [0.29, 0.717) is 12.0 Å². The van der Waals surface area contributed by atoms with Crippen LogP contribution in [-0.2, 0) is 28.1 Å². The first-order valence-electron chi connectivity index (χ1n) is 12.9. The molecule has 0 amide bonds. The van der Waals surface area contributed by atoms with Gasteiger partial charge in [-0.25, -0.2) is 8.78 Å². The van der Waals surface area contributed by atoms with E-state index in [0.717, 1.165) is 6.42 Å². The number of rotatable bonds is 10. The average molecular weight is 587 g/mol. The topological polar surface area (TPSA) is 63.2 Å². The molecule has 0 aromatic carbocycles. The van der Waals surface area contributed by atoms with Gasteiger partial charge in [-0.3, -0.25) is 4.79 Å². The lowest BCUT2D eigenvalue weighted by Crippen LogP contribution is -2.45. The Bertz CT molecular complexity index is 966. The van der Waals surface area contributed by atoms with Crippen molar-refractivity contribution in [3.63, 3.8) is 0 Å². The molecule has 3 aliphatic rings. The van der Waals surface area contributed by atoms with Crippen LogP contribution in [0.15, 0.2) is 34.4 Å². The van der Waals surface area contributed by atoms with Crippen molar-refractivity contribution in [3.8, 4) is 0 Å². The van der Waals surface area contributed by atoms with Gasteiger partial charge in [-0.05, 0) is 102 Å². The second kappa shape index (κ2) is 10.9. The van der Waals surface area contributed by atoms with Crippen LogP contribution in [-0.4, -0.2) is 49.0 Å². The Morgan fingerprint density at radius 3 is 2.11 bits per heavy atom. The summed E-state index contributed by atoms with van der Waals surface area (Å²) < 4.78 is 58.5. The van der Waals surface area contributed by atoms with E-state index in [1.807, 2.05) is 48.5 Å². The Labute approximate surface area is 228 Å². The molecule has 2 aliphatic heterocycles. The van der Waals surface area contributed by atoms with Gasteiger partial charge in [0, 0.05) is 6.42 Å². The first kappa shape index (κ1) is 30.5. The molecule has 1 saturated carbocycles. The molecule has 3 fully saturated rings. The van der Waals surface area contributed by atoms with Gasteiger partial charge in [0.1, 0.15) is 5.83 Å². The Morgan fingerprint density at radius 1 is 1.00 bits per heavy atom. The number of allylic oxidation sites excluding steroid dienone is 5. The zero-order chi connectivity index (χ0) is 28.0. The maximum absolute atomic E-state index is 14.5. The van der Waals surface area contributed by atoms with Crippen LogP contribution in [0, 0.1) is 11.8 Å². The molecule has 6 nitrogen and oxygen atoms in total. The van der Waals surface area contributed by atoms with Crippen molar-refractivity contribution in [2.24, 2.45) is 11.8 Å². The first-order valence-corrected chi connectivity index (χ1v) is 13.7. The molecule has 0 N–H and O–H groups in total. The molecule has 3 unspecified atom stereocenters. The summed E-state index contributed by atoms with van der Waals surface area (Å²) >= 11 is 3.12. The van der Waals surface area contributed by atoms with Crippen molar-refractivity contribution in [1.82, 2.24) is 0 Å². The molecule has 0 bridgehead atoms. The molecule has 0 aromatic rings. The van der Waals surface area contributed by atoms with Gasteiger partial charge in [0.05, 0.1) is 39.9 Å². The third-order valence-corrected chi connectivity index (χ3v) is 8.80. The van der Waals surface area contributed by atoms with E-state index < -0.39 is 54.0 Å². The van der Waals surface area contributed by atoms with E-state index in [-0.39, 0.29) is 35.8 Å². The fourth-order valence-electron chi connectivity index (χ4n) is 4.69. The van der Waals surface area contributed by atoms with Crippen LogP contribution in [0.4, 0.5) is 8.78 Å². The molecular weight excluding hydrogens is 548 g/mol. The number of hydrogen-bond acceptors (Lipinski definition) is 6. The lowest BCUT2D eigenvalue weighted by molar-refractivity contribution is -0.143. The van der Waals surface area contributed by atoms with Crippen molar-refractivity contribution in [1.29, 1.82) is 0 Å². The molecule has 3 atom stereocenters. The van der Waals surface area contributed by atoms with Crippen molar-refractivity contribution in [2.75, 3.05) is 6.61 Å². The van der Waals surface area contributed by atoms with Crippen molar-refractivity contribution in [2.45, 2.75) is 103 Å². The van der Waals surface area contributed by atoms with Gasteiger partial charge in [-0.15, -0.1) is 0 Å². The summed E-state index contributed by atoms with van der Waals surface area (Å²) in [7, 11) is -1.30. The SMILES string of the molecule is C=C(/C=C(Br)\C(F)=C(/F)CCC(=O)OCC)C1CC1CC1(C)OB(B2OC(C)(C)C(C)(C)O2)OC1(C)C. The monoisotopic (exact) mass is 586 g/mol. The number of carbonyl (C=O) groups is 1. The number of carbonyl (C=O) groups excluding carboxylic acids is 1. The fraction of sp³-hybridized carbons (Fsp3) is 0.731. The molecule has 1 aliphatic carbocycles. The zero-order valence-corrected chi connectivity index (χ0v) is 24.8. The maximum Gasteiger partial charge on any atom is 0.488 e. The lowest BCUT2D eigenvalue weighted by Gasteiger charge is -2.37. The molecule has 0 spiro atoms. The second-order valence-corrected chi connectivity index (χ2v) is 12.7. The minimum Gasteiger partial charge on any atom is -0.466 e. The van der Waals surface area contributed by atoms with Crippen LogP contribution in [0.1, 0.15) is 81.1 Å². The summed E-state index contributed by atoms with van der Waals surface area (Å²) in [6.45, 7) is 19.9. The van der Waals surface area contributed by atoms with Crippen molar-refractivity contribution in [3.05, 3.63) is 34.4 Å². The van der Waals surface area contributed by atoms with Crippen LogP contribution in [0.3, 0.4) is 0 Å². The highest BCUT2D eigenvalue weighted by atomic mass is 79.9. The standard InChI is InChI=1S/C26H39B2BrF2O6/c1-10-33-21(32)12-11-20(30)22(31)19(29)13-16(2)18-14-17(18)15-26(9)25(7,8)36-28(37-26)27-34-23(3,4)24(5,6)35-27/h13,17-18H,2,10-12,14-15H2,1,3-9H3/b19-13+,22-20+. The Morgan fingerprint density at radius 2 is 1.54 bits per heavy atom. The van der Waals surface area contributed by atoms with Crippen LogP contribution in [0.2, 0.25) is 0 Å². The van der Waals surface area contributed by atoms with E-state index in [9.17, 15) is 13.6 Å².